The van der Waals surface area contributed by atoms with E-state index in [9.17, 15) is 10.1 Å². The zero-order valence-corrected chi connectivity index (χ0v) is 16.3. The van der Waals surface area contributed by atoms with Gasteiger partial charge < -0.3 is 15.1 Å². The van der Waals surface area contributed by atoms with Crippen molar-refractivity contribution < 1.29 is 14.6 Å². The molecular weight excluding hydrogens is 348 g/mol. The highest BCUT2D eigenvalue weighted by Crippen LogP contribution is 2.13. The van der Waals surface area contributed by atoms with Crippen molar-refractivity contribution in [3.63, 3.8) is 0 Å². The van der Waals surface area contributed by atoms with Gasteiger partial charge in [-0.1, -0.05) is 48.5 Å². The quantitative estimate of drug-likeness (QED) is 0.683. The SMILES string of the molecule is C[C@@H](C(=O)Nc1ccccc1C#N)[NH+]1CC[NH+](C/C=C/c2ccccc2)CC1. The number of hydrogen-bond donors (Lipinski definition) is 3. The van der Waals surface area contributed by atoms with Crippen LogP contribution >= 0.6 is 0 Å². The highest BCUT2D eigenvalue weighted by atomic mass is 16.2. The van der Waals surface area contributed by atoms with Gasteiger partial charge in [0, 0.05) is 0 Å². The maximum Gasteiger partial charge on any atom is 0.282 e. The van der Waals surface area contributed by atoms with E-state index in [-0.39, 0.29) is 11.9 Å². The molecule has 0 radical (unpaired) electrons. The number of amides is 1. The first-order chi connectivity index (χ1) is 13.7. The molecule has 0 bridgehead atoms. The van der Waals surface area contributed by atoms with E-state index in [1.165, 1.54) is 10.5 Å². The number of anilines is 1. The van der Waals surface area contributed by atoms with Crippen LogP contribution in [0.1, 0.15) is 18.1 Å². The van der Waals surface area contributed by atoms with Crippen LogP contribution in [-0.2, 0) is 4.79 Å². The predicted octanol–water partition coefficient (Wildman–Crippen LogP) is 0.382. The number of carbonyl (C=O) groups is 1. The molecule has 0 saturated carbocycles. The van der Waals surface area contributed by atoms with E-state index >= 15 is 0 Å². The van der Waals surface area contributed by atoms with Crippen LogP contribution in [0, 0.1) is 11.3 Å². The summed E-state index contributed by atoms with van der Waals surface area (Å²) in [6.45, 7) is 7.05. The monoisotopic (exact) mass is 376 g/mol. The number of nitrogens with one attached hydrogen (secondary N) is 3. The van der Waals surface area contributed by atoms with Crippen LogP contribution in [0.4, 0.5) is 5.69 Å². The van der Waals surface area contributed by atoms with Gasteiger partial charge in [-0.05, 0) is 30.7 Å². The number of hydrogen-bond acceptors (Lipinski definition) is 2. The predicted molar refractivity (Wildman–Crippen MR) is 111 cm³/mol. The third-order valence-corrected chi connectivity index (χ3v) is 5.43. The van der Waals surface area contributed by atoms with E-state index in [1.54, 1.807) is 23.1 Å². The summed E-state index contributed by atoms with van der Waals surface area (Å²) in [6.07, 6.45) is 4.42. The molecule has 1 saturated heterocycles. The average Bonchev–Trinajstić information content (AvgIpc) is 2.75. The van der Waals surface area contributed by atoms with Gasteiger partial charge in [-0.25, -0.2) is 0 Å². The molecule has 2 aromatic rings. The number of quaternary nitrogens is 2. The molecule has 144 valence electrons. The molecule has 5 heteroatoms. The van der Waals surface area contributed by atoms with Gasteiger partial charge >= 0.3 is 0 Å². The minimum Gasteiger partial charge on any atom is -0.322 e. The van der Waals surface area contributed by atoms with Gasteiger partial charge in [0.25, 0.3) is 5.91 Å². The Morgan fingerprint density at radius 2 is 1.79 bits per heavy atom. The molecule has 5 nitrogen and oxygen atoms in total. The first kappa shape index (κ1) is 19.8. The van der Waals surface area contributed by atoms with Crippen molar-refractivity contribution in [3.05, 3.63) is 71.8 Å². The van der Waals surface area contributed by atoms with Crippen LogP contribution in [0.3, 0.4) is 0 Å². The molecule has 0 aliphatic carbocycles. The molecule has 1 aliphatic rings. The van der Waals surface area contributed by atoms with Crippen molar-refractivity contribution in [3.8, 4) is 6.07 Å². The molecular formula is C23H28N4O+2. The van der Waals surface area contributed by atoms with Gasteiger partial charge in [-0.15, -0.1) is 0 Å². The molecule has 3 rings (SSSR count). The van der Waals surface area contributed by atoms with Crippen LogP contribution in [0.5, 0.6) is 0 Å². The number of nitrogens with zero attached hydrogens (tertiary/aromatic N) is 1. The Morgan fingerprint density at radius 1 is 1.11 bits per heavy atom. The van der Waals surface area contributed by atoms with Crippen LogP contribution < -0.4 is 15.1 Å². The van der Waals surface area contributed by atoms with E-state index in [2.05, 4.69) is 47.8 Å². The van der Waals surface area contributed by atoms with Crippen molar-refractivity contribution in [1.82, 2.24) is 0 Å². The molecule has 3 N–H and O–H groups in total. The first-order valence-corrected chi connectivity index (χ1v) is 9.87. The number of benzene rings is 2. The largest absolute Gasteiger partial charge is 0.322 e. The number of para-hydroxylation sites is 1. The normalized spacial score (nSPS) is 20.4. The van der Waals surface area contributed by atoms with Crippen molar-refractivity contribution in [2.24, 2.45) is 0 Å². The summed E-state index contributed by atoms with van der Waals surface area (Å²) in [5, 5.41) is 12.1. The zero-order chi connectivity index (χ0) is 19.8. The number of nitriles is 1. The Labute approximate surface area is 166 Å². The number of piperazine rings is 1. The van der Waals surface area contributed by atoms with E-state index in [0.29, 0.717) is 11.3 Å². The Balaban J connectivity index is 1.47. The summed E-state index contributed by atoms with van der Waals surface area (Å²) in [6, 6.07) is 19.5. The Hall–Kier alpha value is -2.94. The molecule has 1 aliphatic heterocycles. The number of carbonyl (C=O) groups excluding carboxylic acids is 1. The third-order valence-electron chi connectivity index (χ3n) is 5.43. The molecule has 0 aromatic heterocycles. The molecule has 2 aromatic carbocycles. The highest BCUT2D eigenvalue weighted by Gasteiger charge is 2.30. The summed E-state index contributed by atoms with van der Waals surface area (Å²) in [4.78, 5) is 15.5. The Morgan fingerprint density at radius 3 is 2.50 bits per heavy atom. The molecule has 1 amide bonds. The second kappa shape index (κ2) is 9.84. The lowest BCUT2D eigenvalue weighted by Gasteiger charge is -2.32. The van der Waals surface area contributed by atoms with E-state index in [0.717, 1.165) is 32.7 Å². The van der Waals surface area contributed by atoms with Gasteiger partial charge in [0.15, 0.2) is 6.04 Å². The third kappa shape index (κ3) is 5.29. The molecule has 0 spiro atoms. The summed E-state index contributed by atoms with van der Waals surface area (Å²) in [5.41, 5.74) is 2.32. The summed E-state index contributed by atoms with van der Waals surface area (Å²) >= 11 is 0. The average molecular weight is 377 g/mol. The van der Waals surface area contributed by atoms with Gasteiger partial charge in [-0.2, -0.15) is 5.26 Å². The van der Waals surface area contributed by atoms with Gasteiger partial charge in [-0.3, -0.25) is 4.79 Å². The molecule has 28 heavy (non-hydrogen) atoms. The molecule has 0 unspecified atom stereocenters. The van der Waals surface area contributed by atoms with Crippen LogP contribution in [0.15, 0.2) is 60.7 Å². The second-order valence-electron chi connectivity index (χ2n) is 7.29. The lowest BCUT2D eigenvalue weighted by molar-refractivity contribution is -1.02. The van der Waals surface area contributed by atoms with Crippen LogP contribution in [0.25, 0.3) is 6.08 Å². The molecule has 1 heterocycles. The van der Waals surface area contributed by atoms with Gasteiger partial charge in [0.2, 0.25) is 0 Å². The maximum atomic E-state index is 12.6. The van der Waals surface area contributed by atoms with Crippen LogP contribution in [-0.4, -0.2) is 44.7 Å². The van der Waals surface area contributed by atoms with Crippen molar-refractivity contribution in [1.29, 1.82) is 5.26 Å². The van der Waals surface area contributed by atoms with E-state index in [4.69, 9.17) is 0 Å². The number of rotatable bonds is 6. The van der Waals surface area contributed by atoms with Crippen molar-refractivity contribution in [2.45, 2.75) is 13.0 Å². The molecule has 1 atom stereocenters. The lowest BCUT2D eigenvalue weighted by atomic mass is 10.1. The zero-order valence-electron chi connectivity index (χ0n) is 16.3. The van der Waals surface area contributed by atoms with Crippen molar-refractivity contribution >= 4 is 17.7 Å². The maximum absolute atomic E-state index is 12.6. The minimum atomic E-state index is -0.131. The Bertz CT molecular complexity index is 848. The fourth-order valence-electron chi connectivity index (χ4n) is 3.60. The fraction of sp³-hybridized carbons (Fsp3) is 0.304. The standard InChI is InChI=1S/C23H26N4O/c1-19(23(28)25-22-12-6-5-11-21(22)18-24)27-16-14-26(15-17-27)13-7-10-20-8-3-2-4-9-20/h2-12,19H,13-17H2,1H3,(H,25,28)/p+2/b10-7+/t19-/m0/s1. The van der Waals surface area contributed by atoms with Gasteiger partial charge in [0.05, 0.1) is 17.8 Å². The second-order valence-corrected chi connectivity index (χ2v) is 7.29. The smallest absolute Gasteiger partial charge is 0.282 e. The highest BCUT2D eigenvalue weighted by molar-refractivity contribution is 5.94. The minimum absolute atomic E-state index is 0.0230. The molecule has 1 fully saturated rings. The topological polar surface area (TPSA) is 61.8 Å². The van der Waals surface area contributed by atoms with Crippen molar-refractivity contribution in [2.75, 3.05) is 38.0 Å². The van der Waals surface area contributed by atoms with Crippen LogP contribution in [0.2, 0.25) is 0 Å². The summed E-state index contributed by atoms with van der Waals surface area (Å²) in [7, 11) is 0. The summed E-state index contributed by atoms with van der Waals surface area (Å²) < 4.78 is 0. The first-order valence-electron chi connectivity index (χ1n) is 9.87. The summed E-state index contributed by atoms with van der Waals surface area (Å²) in [5.74, 6) is -0.0230. The lowest BCUT2D eigenvalue weighted by Crippen LogP contribution is -3.29. The fourth-order valence-corrected chi connectivity index (χ4v) is 3.60. The van der Waals surface area contributed by atoms with Gasteiger partial charge in [0.1, 0.15) is 32.2 Å². The Kier molecular flexibility index (Phi) is 6.96. The van der Waals surface area contributed by atoms with E-state index in [1.807, 2.05) is 19.1 Å². The van der Waals surface area contributed by atoms with E-state index < -0.39 is 0 Å².